The van der Waals surface area contributed by atoms with Crippen LogP contribution in [0.1, 0.15) is 11.7 Å². The zero-order valence-electron chi connectivity index (χ0n) is 12.8. The fourth-order valence-electron chi connectivity index (χ4n) is 2.33. The largest absolute Gasteiger partial charge is 0.453 e. The monoisotopic (exact) mass is 346 g/mol. The first-order valence-corrected chi connectivity index (χ1v) is 7.71. The van der Waals surface area contributed by atoms with Crippen LogP contribution in [-0.4, -0.2) is 52.2 Å². The number of carbonyl (C=O) groups is 1. The minimum absolute atomic E-state index is 0.0348. The van der Waals surface area contributed by atoms with E-state index in [1.165, 1.54) is 13.2 Å². The number of benzene rings is 1. The Hall–Kier alpha value is -1.41. The molecule has 2 atom stereocenters. The van der Waals surface area contributed by atoms with E-state index in [0.717, 1.165) is 6.54 Å². The summed E-state index contributed by atoms with van der Waals surface area (Å²) < 4.78 is 30.2. The summed E-state index contributed by atoms with van der Waals surface area (Å²) in [7, 11) is 1.28. The average Bonchev–Trinajstić information content (AvgIpc) is 2.58. The predicted molar refractivity (Wildman–Crippen MR) is 83.1 cm³/mol. The summed E-state index contributed by atoms with van der Waals surface area (Å²) in [5, 5.41) is 5.73. The molecule has 2 N–H and O–H groups in total. The van der Waals surface area contributed by atoms with Gasteiger partial charge in [0.05, 0.1) is 25.3 Å². The Bertz CT molecular complexity index is 526. The average molecular weight is 347 g/mol. The molecular formula is C15H20ClFN2O4. The van der Waals surface area contributed by atoms with Crippen molar-refractivity contribution in [2.24, 2.45) is 0 Å². The second kappa shape index (κ2) is 9.02. The Morgan fingerprint density at radius 3 is 3.13 bits per heavy atom. The second-order valence-corrected chi connectivity index (χ2v) is 5.37. The normalized spacial score (nSPS) is 19.2. The maximum atomic E-state index is 14.3. The van der Waals surface area contributed by atoms with Crippen molar-refractivity contribution < 1.29 is 23.4 Å². The molecule has 1 unspecified atom stereocenters. The van der Waals surface area contributed by atoms with Gasteiger partial charge in [0.2, 0.25) is 0 Å². The van der Waals surface area contributed by atoms with Gasteiger partial charge in [-0.2, -0.15) is 0 Å². The van der Waals surface area contributed by atoms with Crippen LogP contribution in [0.25, 0.3) is 0 Å². The molecule has 1 aliphatic heterocycles. The number of hydrogen-bond donors (Lipinski definition) is 2. The smallest absolute Gasteiger partial charge is 0.406 e. The maximum Gasteiger partial charge on any atom is 0.406 e. The highest BCUT2D eigenvalue weighted by atomic mass is 35.5. The molecule has 0 bridgehead atoms. The van der Waals surface area contributed by atoms with Crippen molar-refractivity contribution in [2.45, 2.75) is 12.2 Å². The number of nitrogens with one attached hydrogen (secondary N) is 2. The quantitative estimate of drug-likeness (QED) is 0.770. The third-order valence-electron chi connectivity index (χ3n) is 3.44. The minimum Gasteiger partial charge on any atom is -0.453 e. The fraction of sp³-hybridized carbons (Fsp3) is 0.533. The molecule has 1 heterocycles. The number of morpholine rings is 1. The highest BCUT2D eigenvalue weighted by Gasteiger charge is 2.29. The van der Waals surface area contributed by atoms with E-state index in [1.54, 1.807) is 12.1 Å². The molecule has 2 rings (SSSR count). The SMILES string of the molecule is COC(=O)NCCOC(c1cccc(Cl)c1F)[C@H]1CNCCO1. The van der Waals surface area contributed by atoms with Gasteiger partial charge in [0.1, 0.15) is 18.0 Å². The number of ether oxygens (including phenoxy) is 3. The molecule has 1 aromatic carbocycles. The topological polar surface area (TPSA) is 68.8 Å². The Morgan fingerprint density at radius 1 is 1.61 bits per heavy atom. The lowest BCUT2D eigenvalue weighted by Gasteiger charge is -2.31. The summed E-state index contributed by atoms with van der Waals surface area (Å²) >= 11 is 5.86. The van der Waals surface area contributed by atoms with Crippen molar-refractivity contribution >= 4 is 17.7 Å². The third-order valence-corrected chi connectivity index (χ3v) is 3.73. The van der Waals surface area contributed by atoms with E-state index in [0.29, 0.717) is 18.7 Å². The van der Waals surface area contributed by atoms with Crippen molar-refractivity contribution in [1.29, 1.82) is 0 Å². The Morgan fingerprint density at radius 2 is 2.43 bits per heavy atom. The first-order chi connectivity index (χ1) is 11.1. The van der Waals surface area contributed by atoms with Crippen LogP contribution >= 0.6 is 11.6 Å². The standard InChI is InChI=1S/C15H20ClFN2O4/c1-21-15(20)19-6-8-23-14(12-9-18-5-7-22-12)10-3-2-4-11(16)13(10)17/h2-4,12,14,18H,5-9H2,1H3,(H,19,20)/t12-,14?/m1/s1. The molecule has 1 amide bonds. The van der Waals surface area contributed by atoms with Gasteiger partial charge in [0.25, 0.3) is 0 Å². The van der Waals surface area contributed by atoms with E-state index in [9.17, 15) is 9.18 Å². The minimum atomic E-state index is -0.624. The van der Waals surface area contributed by atoms with E-state index in [-0.39, 0.29) is 24.3 Å². The van der Waals surface area contributed by atoms with Crippen LogP contribution < -0.4 is 10.6 Å². The summed E-state index contributed by atoms with van der Waals surface area (Å²) in [6.45, 7) is 2.23. The zero-order valence-corrected chi connectivity index (χ0v) is 13.6. The first-order valence-electron chi connectivity index (χ1n) is 7.33. The van der Waals surface area contributed by atoms with E-state index in [2.05, 4.69) is 15.4 Å². The van der Waals surface area contributed by atoms with Gasteiger partial charge in [-0.25, -0.2) is 9.18 Å². The van der Waals surface area contributed by atoms with Crippen LogP contribution in [0.2, 0.25) is 5.02 Å². The van der Waals surface area contributed by atoms with Crippen LogP contribution in [0.3, 0.4) is 0 Å². The molecule has 8 heteroatoms. The number of hydrogen-bond acceptors (Lipinski definition) is 5. The van der Waals surface area contributed by atoms with Crippen LogP contribution in [0, 0.1) is 5.82 Å². The van der Waals surface area contributed by atoms with Crippen molar-refractivity contribution in [3.63, 3.8) is 0 Å². The predicted octanol–water partition coefficient (Wildman–Crippen LogP) is 1.88. The van der Waals surface area contributed by atoms with Crippen LogP contribution in [0.15, 0.2) is 18.2 Å². The number of amides is 1. The van der Waals surface area contributed by atoms with E-state index in [4.69, 9.17) is 21.1 Å². The number of rotatable bonds is 6. The number of alkyl carbamates (subject to hydrolysis) is 1. The first kappa shape index (κ1) is 17.9. The lowest BCUT2D eigenvalue weighted by atomic mass is 10.0. The van der Waals surface area contributed by atoms with Crippen LogP contribution in [-0.2, 0) is 14.2 Å². The highest BCUT2D eigenvalue weighted by Crippen LogP contribution is 2.29. The van der Waals surface area contributed by atoms with Gasteiger partial charge in [0, 0.05) is 25.2 Å². The number of carbonyl (C=O) groups excluding carboxylic acids is 1. The highest BCUT2D eigenvalue weighted by molar-refractivity contribution is 6.30. The Kier molecular flexibility index (Phi) is 7.04. The molecule has 1 aromatic rings. The van der Waals surface area contributed by atoms with Gasteiger partial charge in [-0.15, -0.1) is 0 Å². The summed E-state index contributed by atoms with van der Waals surface area (Å²) in [5.41, 5.74) is 0.337. The van der Waals surface area contributed by atoms with Crippen molar-refractivity contribution in [3.05, 3.63) is 34.6 Å². The van der Waals surface area contributed by atoms with E-state index >= 15 is 0 Å². The molecule has 0 aliphatic carbocycles. The van der Waals surface area contributed by atoms with E-state index < -0.39 is 18.0 Å². The Balaban J connectivity index is 2.05. The number of halogens is 2. The molecule has 1 saturated heterocycles. The number of methoxy groups -OCH3 is 1. The summed E-state index contributed by atoms with van der Waals surface area (Å²) in [6, 6.07) is 4.77. The summed E-state index contributed by atoms with van der Waals surface area (Å²) in [5.74, 6) is -0.519. The van der Waals surface area contributed by atoms with Gasteiger partial charge in [-0.05, 0) is 6.07 Å². The zero-order chi connectivity index (χ0) is 16.7. The molecule has 1 fully saturated rings. The Labute approximate surface area is 139 Å². The molecule has 23 heavy (non-hydrogen) atoms. The molecule has 6 nitrogen and oxygen atoms in total. The van der Waals surface area contributed by atoms with Crippen LogP contribution in [0.4, 0.5) is 9.18 Å². The molecule has 0 aromatic heterocycles. The third kappa shape index (κ3) is 5.04. The lowest BCUT2D eigenvalue weighted by Crippen LogP contribution is -2.43. The lowest BCUT2D eigenvalue weighted by molar-refractivity contribution is -0.0864. The van der Waals surface area contributed by atoms with Crippen molar-refractivity contribution in [1.82, 2.24) is 10.6 Å². The van der Waals surface area contributed by atoms with Crippen LogP contribution in [0.5, 0.6) is 0 Å². The van der Waals surface area contributed by atoms with Gasteiger partial charge < -0.3 is 24.8 Å². The van der Waals surface area contributed by atoms with Crippen molar-refractivity contribution in [3.8, 4) is 0 Å². The second-order valence-electron chi connectivity index (χ2n) is 4.97. The molecule has 0 radical (unpaired) electrons. The molecule has 0 saturated carbocycles. The van der Waals surface area contributed by atoms with Gasteiger partial charge in [-0.1, -0.05) is 23.7 Å². The van der Waals surface area contributed by atoms with E-state index in [1.807, 2.05) is 0 Å². The fourth-order valence-corrected chi connectivity index (χ4v) is 2.51. The summed E-state index contributed by atoms with van der Waals surface area (Å²) in [4.78, 5) is 11.0. The van der Waals surface area contributed by atoms with Gasteiger partial charge in [-0.3, -0.25) is 0 Å². The summed E-state index contributed by atoms with van der Waals surface area (Å²) in [6.07, 6.45) is -1.51. The van der Waals surface area contributed by atoms with Crippen molar-refractivity contribution in [2.75, 3.05) is 40.0 Å². The van der Waals surface area contributed by atoms with Gasteiger partial charge >= 0.3 is 6.09 Å². The molecule has 1 aliphatic rings. The van der Waals surface area contributed by atoms with Gasteiger partial charge in [0.15, 0.2) is 0 Å². The molecule has 128 valence electrons. The molecular weight excluding hydrogens is 327 g/mol. The maximum absolute atomic E-state index is 14.3. The molecule has 0 spiro atoms.